The van der Waals surface area contributed by atoms with Crippen LogP contribution in [0.5, 0.6) is 0 Å². The summed E-state index contributed by atoms with van der Waals surface area (Å²) in [6, 6.07) is 9.16. The molecule has 33 heavy (non-hydrogen) atoms. The van der Waals surface area contributed by atoms with Gasteiger partial charge in [0.15, 0.2) is 5.79 Å². The standard InChI is InChI=1S/C23H21ClN6O3/c24-21-9-19(17(12-27-21)22(26)31)29-18-4-1-3-15(16(18)10-25)14-11-28-30(13-14)20-5-2-6-23(20)32-7-8-33-23/h1,3-4,9,11-13,20H,2,5-8H2,(H2,26,31)(H,27,29). The second kappa shape index (κ2) is 8.48. The Kier molecular flexibility index (Phi) is 5.50. The number of carbonyl (C=O) groups is 1. The molecule has 0 bridgehead atoms. The summed E-state index contributed by atoms with van der Waals surface area (Å²) in [6.07, 6.45) is 7.70. The molecule has 2 fully saturated rings. The predicted molar refractivity (Wildman–Crippen MR) is 121 cm³/mol. The zero-order valence-electron chi connectivity index (χ0n) is 17.6. The third-order valence-corrected chi connectivity index (χ3v) is 6.31. The molecular weight excluding hydrogens is 444 g/mol. The van der Waals surface area contributed by atoms with Crippen LogP contribution in [0.15, 0.2) is 42.9 Å². The molecule has 3 heterocycles. The van der Waals surface area contributed by atoms with E-state index in [0.29, 0.717) is 35.7 Å². The highest BCUT2D eigenvalue weighted by Crippen LogP contribution is 2.45. The minimum absolute atomic E-state index is 0.0160. The summed E-state index contributed by atoms with van der Waals surface area (Å²) in [6.45, 7) is 1.17. The zero-order chi connectivity index (χ0) is 23.0. The Morgan fingerprint density at radius 1 is 1.30 bits per heavy atom. The smallest absolute Gasteiger partial charge is 0.252 e. The van der Waals surface area contributed by atoms with E-state index < -0.39 is 11.7 Å². The number of nitrogens with one attached hydrogen (secondary N) is 1. The Hall–Kier alpha value is -3.45. The van der Waals surface area contributed by atoms with Gasteiger partial charge in [-0.1, -0.05) is 23.7 Å². The van der Waals surface area contributed by atoms with Crippen molar-refractivity contribution in [2.75, 3.05) is 18.5 Å². The molecule has 2 aromatic heterocycles. The molecule has 1 aliphatic carbocycles. The van der Waals surface area contributed by atoms with Crippen molar-refractivity contribution in [1.29, 1.82) is 5.26 Å². The number of nitrogens with two attached hydrogens (primary N) is 1. The van der Waals surface area contributed by atoms with Crippen LogP contribution in [-0.2, 0) is 9.47 Å². The van der Waals surface area contributed by atoms with Gasteiger partial charge in [0.05, 0.1) is 41.9 Å². The van der Waals surface area contributed by atoms with Gasteiger partial charge in [-0.25, -0.2) is 4.98 Å². The topological polar surface area (TPSA) is 128 Å². The van der Waals surface area contributed by atoms with Crippen LogP contribution in [0.3, 0.4) is 0 Å². The molecule has 10 heteroatoms. The molecule has 1 saturated heterocycles. The number of halogens is 1. The fraction of sp³-hybridized carbons (Fsp3) is 0.304. The number of nitriles is 1. The van der Waals surface area contributed by atoms with E-state index >= 15 is 0 Å². The quantitative estimate of drug-likeness (QED) is 0.550. The number of hydrogen-bond acceptors (Lipinski definition) is 7. The third kappa shape index (κ3) is 3.82. The maximum atomic E-state index is 11.8. The van der Waals surface area contributed by atoms with Crippen molar-refractivity contribution in [3.63, 3.8) is 0 Å². The summed E-state index contributed by atoms with van der Waals surface area (Å²) < 4.78 is 13.8. The molecule has 3 aromatic rings. The van der Waals surface area contributed by atoms with Gasteiger partial charge in [0.1, 0.15) is 17.3 Å². The Labute approximate surface area is 195 Å². The number of primary amides is 1. The highest BCUT2D eigenvalue weighted by atomic mass is 35.5. The number of amides is 1. The summed E-state index contributed by atoms with van der Waals surface area (Å²) in [5, 5.41) is 17.8. The number of anilines is 2. The van der Waals surface area contributed by atoms with Gasteiger partial charge in [-0.05, 0) is 25.0 Å². The average Bonchev–Trinajstić information content (AvgIpc) is 3.55. The highest BCUT2D eigenvalue weighted by molar-refractivity contribution is 6.29. The molecule has 3 N–H and O–H groups in total. The van der Waals surface area contributed by atoms with Crippen LogP contribution >= 0.6 is 11.6 Å². The molecule has 5 rings (SSSR count). The molecule has 1 aromatic carbocycles. The van der Waals surface area contributed by atoms with Crippen LogP contribution < -0.4 is 11.1 Å². The van der Waals surface area contributed by atoms with Gasteiger partial charge in [0.2, 0.25) is 0 Å². The van der Waals surface area contributed by atoms with Gasteiger partial charge < -0.3 is 20.5 Å². The average molecular weight is 465 g/mol. The summed E-state index contributed by atoms with van der Waals surface area (Å²) >= 11 is 6.01. The molecular formula is C23H21ClN6O3. The van der Waals surface area contributed by atoms with Crippen LogP contribution in [0.2, 0.25) is 5.15 Å². The van der Waals surface area contributed by atoms with Crippen LogP contribution in [0, 0.1) is 11.3 Å². The third-order valence-electron chi connectivity index (χ3n) is 6.10. The Bertz CT molecular complexity index is 1260. The molecule has 2 aliphatic rings. The number of rotatable bonds is 5. The number of aromatic nitrogens is 3. The minimum atomic E-state index is -0.653. The van der Waals surface area contributed by atoms with Crippen molar-refractivity contribution in [3.05, 3.63) is 59.1 Å². The van der Waals surface area contributed by atoms with Crippen LogP contribution in [0.25, 0.3) is 11.1 Å². The van der Waals surface area contributed by atoms with Crippen LogP contribution in [0.1, 0.15) is 41.2 Å². The van der Waals surface area contributed by atoms with Crippen LogP contribution in [0.4, 0.5) is 11.4 Å². The lowest BCUT2D eigenvalue weighted by Crippen LogP contribution is -2.36. The van der Waals surface area contributed by atoms with E-state index in [1.165, 1.54) is 12.3 Å². The van der Waals surface area contributed by atoms with Gasteiger partial charge in [0, 0.05) is 29.9 Å². The van der Waals surface area contributed by atoms with Gasteiger partial charge >= 0.3 is 0 Å². The van der Waals surface area contributed by atoms with Crippen molar-refractivity contribution in [2.45, 2.75) is 31.1 Å². The van der Waals surface area contributed by atoms with Crippen molar-refractivity contribution in [2.24, 2.45) is 5.73 Å². The Balaban J connectivity index is 1.49. The summed E-state index contributed by atoms with van der Waals surface area (Å²) in [5.74, 6) is -1.27. The van der Waals surface area contributed by atoms with Crippen molar-refractivity contribution >= 4 is 28.9 Å². The van der Waals surface area contributed by atoms with Crippen molar-refractivity contribution in [3.8, 4) is 17.2 Å². The number of hydrogen-bond donors (Lipinski definition) is 2. The summed E-state index contributed by atoms with van der Waals surface area (Å²) in [4.78, 5) is 15.7. The van der Waals surface area contributed by atoms with Crippen LogP contribution in [-0.4, -0.2) is 39.7 Å². The normalized spacial score (nSPS) is 19.0. The van der Waals surface area contributed by atoms with Gasteiger partial charge in [-0.2, -0.15) is 10.4 Å². The van der Waals surface area contributed by atoms with Gasteiger partial charge in [-0.15, -0.1) is 0 Å². The van der Waals surface area contributed by atoms with Gasteiger partial charge in [0.25, 0.3) is 5.91 Å². The number of nitrogens with zero attached hydrogens (tertiary/aromatic N) is 4. The lowest BCUT2D eigenvalue weighted by Gasteiger charge is -2.29. The lowest BCUT2D eigenvalue weighted by atomic mass is 10.0. The largest absolute Gasteiger partial charge is 0.365 e. The SMILES string of the molecule is N#Cc1c(Nc2cc(Cl)ncc2C(N)=O)cccc1-c1cnn(C2CCCC23OCCO3)c1. The van der Waals surface area contributed by atoms with Gasteiger partial charge in [-0.3, -0.25) is 9.48 Å². The van der Waals surface area contributed by atoms with E-state index in [4.69, 9.17) is 26.8 Å². The Morgan fingerprint density at radius 3 is 2.88 bits per heavy atom. The monoisotopic (exact) mass is 464 g/mol. The first kappa shape index (κ1) is 21.4. The molecule has 1 atom stereocenters. The molecule has 1 spiro atoms. The first-order valence-electron chi connectivity index (χ1n) is 10.6. The molecule has 0 radical (unpaired) electrons. The number of pyridine rings is 1. The molecule has 1 amide bonds. The molecule has 9 nitrogen and oxygen atoms in total. The maximum absolute atomic E-state index is 11.8. The van der Waals surface area contributed by atoms with E-state index in [0.717, 1.165) is 24.8 Å². The van der Waals surface area contributed by atoms with Crippen molar-refractivity contribution < 1.29 is 14.3 Å². The van der Waals surface area contributed by atoms with Crippen molar-refractivity contribution in [1.82, 2.24) is 14.8 Å². The molecule has 1 unspecified atom stereocenters. The number of benzene rings is 1. The first-order chi connectivity index (χ1) is 16.0. The number of ether oxygens (including phenoxy) is 2. The van der Waals surface area contributed by atoms with E-state index in [1.807, 2.05) is 23.0 Å². The fourth-order valence-corrected chi connectivity index (χ4v) is 4.77. The summed E-state index contributed by atoms with van der Waals surface area (Å²) in [7, 11) is 0. The van der Waals surface area contributed by atoms with E-state index in [2.05, 4.69) is 21.5 Å². The second-order valence-electron chi connectivity index (χ2n) is 8.01. The molecule has 1 aliphatic heterocycles. The fourth-order valence-electron chi connectivity index (χ4n) is 4.61. The lowest BCUT2D eigenvalue weighted by molar-refractivity contribution is -0.177. The minimum Gasteiger partial charge on any atom is -0.365 e. The molecule has 168 valence electrons. The van der Waals surface area contributed by atoms with E-state index in [1.54, 1.807) is 12.3 Å². The maximum Gasteiger partial charge on any atom is 0.252 e. The predicted octanol–water partition coefficient (Wildman–Crippen LogP) is 3.78. The highest BCUT2D eigenvalue weighted by Gasteiger charge is 2.49. The molecule has 1 saturated carbocycles. The van der Waals surface area contributed by atoms with E-state index in [-0.39, 0.29) is 16.8 Å². The number of carbonyl (C=O) groups excluding carboxylic acids is 1. The second-order valence-corrected chi connectivity index (χ2v) is 8.39. The summed E-state index contributed by atoms with van der Waals surface area (Å²) in [5.41, 5.74) is 8.40. The zero-order valence-corrected chi connectivity index (χ0v) is 18.4. The first-order valence-corrected chi connectivity index (χ1v) is 11.0. The van der Waals surface area contributed by atoms with E-state index in [9.17, 15) is 10.1 Å². The Morgan fingerprint density at radius 2 is 2.12 bits per heavy atom.